The summed E-state index contributed by atoms with van der Waals surface area (Å²) in [5.74, 6) is 1.57. The first-order valence-corrected chi connectivity index (χ1v) is 5.43. The summed E-state index contributed by atoms with van der Waals surface area (Å²) < 4.78 is 5.30. The van der Waals surface area contributed by atoms with Gasteiger partial charge in [-0.3, -0.25) is 0 Å². The maximum Gasteiger partial charge on any atom is 0.154 e. The highest BCUT2D eigenvalue weighted by molar-refractivity contribution is 5.58. The van der Waals surface area contributed by atoms with Crippen LogP contribution in [-0.2, 0) is 0 Å². The van der Waals surface area contributed by atoms with Crippen molar-refractivity contribution in [1.29, 1.82) is 0 Å². The quantitative estimate of drug-likeness (QED) is 0.855. The lowest BCUT2D eigenvalue weighted by Gasteiger charge is -2.05. The molecule has 0 aliphatic carbocycles. The number of hydrogen-bond acceptors (Lipinski definition) is 4. The lowest BCUT2D eigenvalue weighted by molar-refractivity contribution is 0.578. The van der Waals surface area contributed by atoms with Crippen molar-refractivity contribution < 1.29 is 4.42 Å². The molecule has 0 aromatic carbocycles. The van der Waals surface area contributed by atoms with Gasteiger partial charge in [0.05, 0.1) is 6.26 Å². The predicted octanol–water partition coefficient (Wildman–Crippen LogP) is 2.87. The number of furan rings is 1. The maximum atomic E-state index is 5.30. The van der Waals surface area contributed by atoms with Gasteiger partial charge in [-0.15, -0.1) is 10.2 Å². The molecule has 84 valence electrons. The van der Waals surface area contributed by atoms with Crippen LogP contribution in [0.1, 0.15) is 18.9 Å². The molecule has 16 heavy (non-hydrogen) atoms. The van der Waals surface area contributed by atoms with Crippen LogP contribution in [0, 0.1) is 6.92 Å². The van der Waals surface area contributed by atoms with Gasteiger partial charge in [0.25, 0.3) is 0 Å². The van der Waals surface area contributed by atoms with Crippen molar-refractivity contribution in [2.24, 2.45) is 0 Å². The van der Waals surface area contributed by atoms with Crippen molar-refractivity contribution in [2.45, 2.75) is 20.3 Å². The molecule has 0 unspecified atom stereocenters. The molecule has 4 nitrogen and oxygen atoms in total. The first-order valence-electron chi connectivity index (χ1n) is 5.43. The average molecular weight is 217 g/mol. The fourth-order valence-corrected chi connectivity index (χ4v) is 1.48. The summed E-state index contributed by atoms with van der Waals surface area (Å²) in [5.41, 5.74) is 1.86. The van der Waals surface area contributed by atoms with Crippen LogP contribution in [0.2, 0.25) is 0 Å². The van der Waals surface area contributed by atoms with Crippen LogP contribution >= 0.6 is 0 Å². The molecule has 0 aliphatic rings. The lowest BCUT2D eigenvalue weighted by Crippen LogP contribution is -2.04. The Labute approximate surface area is 94.7 Å². The zero-order valence-electron chi connectivity index (χ0n) is 9.53. The van der Waals surface area contributed by atoms with Gasteiger partial charge in [-0.1, -0.05) is 6.92 Å². The molecule has 0 saturated heterocycles. The van der Waals surface area contributed by atoms with Crippen molar-refractivity contribution in [3.63, 3.8) is 0 Å². The zero-order chi connectivity index (χ0) is 11.4. The van der Waals surface area contributed by atoms with E-state index in [0.717, 1.165) is 35.8 Å². The third-order valence-corrected chi connectivity index (χ3v) is 2.30. The summed E-state index contributed by atoms with van der Waals surface area (Å²) >= 11 is 0. The zero-order valence-corrected chi connectivity index (χ0v) is 9.53. The summed E-state index contributed by atoms with van der Waals surface area (Å²) in [5, 5.41) is 11.5. The van der Waals surface area contributed by atoms with Gasteiger partial charge in [-0.05, 0) is 37.1 Å². The van der Waals surface area contributed by atoms with Crippen molar-refractivity contribution >= 4 is 5.82 Å². The Morgan fingerprint density at radius 1 is 1.38 bits per heavy atom. The van der Waals surface area contributed by atoms with Gasteiger partial charge in [-0.25, -0.2) is 0 Å². The highest BCUT2D eigenvalue weighted by atomic mass is 16.3. The molecule has 4 heteroatoms. The largest absolute Gasteiger partial charge is 0.463 e. The van der Waals surface area contributed by atoms with E-state index >= 15 is 0 Å². The highest BCUT2D eigenvalue weighted by Gasteiger charge is 2.07. The molecule has 0 aliphatic heterocycles. The molecule has 0 bridgehead atoms. The first-order chi connectivity index (χ1) is 7.81. The molecule has 2 aromatic rings. The van der Waals surface area contributed by atoms with Gasteiger partial charge in [0, 0.05) is 6.54 Å². The fourth-order valence-electron chi connectivity index (χ4n) is 1.48. The third-order valence-electron chi connectivity index (χ3n) is 2.30. The minimum Gasteiger partial charge on any atom is -0.463 e. The van der Waals surface area contributed by atoms with Crippen LogP contribution in [0.5, 0.6) is 0 Å². The Kier molecular flexibility index (Phi) is 3.19. The lowest BCUT2D eigenvalue weighted by atomic mass is 10.2. The summed E-state index contributed by atoms with van der Waals surface area (Å²) in [6.45, 7) is 5.03. The Morgan fingerprint density at radius 3 is 2.88 bits per heavy atom. The molecular formula is C12H15N3O. The molecule has 0 saturated carbocycles. The topological polar surface area (TPSA) is 51.0 Å². The van der Waals surface area contributed by atoms with Crippen molar-refractivity contribution in [3.8, 4) is 11.5 Å². The van der Waals surface area contributed by atoms with Gasteiger partial charge >= 0.3 is 0 Å². The van der Waals surface area contributed by atoms with Gasteiger partial charge in [0.15, 0.2) is 5.76 Å². The predicted molar refractivity (Wildman–Crippen MR) is 63.3 cm³/mol. The number of hydrogen-bond donors (Lipinski definition) is 1. The van der Waals surface area contributed by atoms with Gasteiger partial charge < -0.3 is 9.73 Å². The van der Waals surface area contributed by atoms with Crippen molar-refractivity contribution in [3.05, 3.63) is 30.0 Å². The number of aromatic nitrogens is 2. The second-order valence-electron chi connectivity index (χ2n) is 3.67. The van der Waals surface area contributed by atoms with E-state index in [-0.39, 0.29) is 0 Å². The van der Waals surface area contributed by atoms with E-state index in [2.05, 4.69) is 22.4 Å². The van der Waals surface area contributed by atoms with E-state index in [0.29, 0.717) is 0 Å². The summed E-state index contributed by atoms with van der Waals surface area (Å²) in [6, 6.07) is 5.72. The van der Waals surface area contributed by atoms with E-state index in [9.17, 15) is 0 Å². The van der Waals surface area contributed by atoms with Crippen LogP contribution in [0.3, 0.4) is 0 Å². The fraction of sp³-hybridized carbons (Fsp3) is 0.333. The Morgan fingerprint density at radius 2 is 2.25 bits per heavy atom. The maximum absolute atomic E-state index is 5.30. The molecular weight excluding hydrogens is 202 g/mol. The number of rotatable bonds is 4. The monoisotopic (exact) mass is 217 g/mol. The molecule has 2 heterocycles. The van der Waals surface area contributed by atoms with Crippen LogP contribution in [0.15, 0.2) is 28.9 Å². The van der Waals surface area contributed by atoms with Crippen LogP contribution in [-0.4, -0.2) is 16.7 Å². The number of nitrogens with one attached hydrogen (secondary N) is 1. The number of aryl methyl sites for hydroxylation is 1. The molecule has 0 fully saturated rings. The van der Waals surface area contributed by atoms with Crippen molar-refractivity contribution in [2.75, 3.05) is 11.9 Å². The SMILES string of the molecule is CCCNc1cc(C)c(-c2ccco2)nn1. The smallest absolute Gasteiger partial charge is 0.154 e. The first kappa shape index (κ1) is 10.7. The molecule has 2 rings (SSSR count). The highest BCUT2D eigenvalue weighted by Crippen LogP contribution is 2.21. The van der Waals surface area contributed by atoms with E-state index in [4.69, 9.17) is 4.42 Å². The molecule has 0 radical (unpaired) electrons. The molecule has 0 amide bonds. The second kappa shape index (κ2) is 4.79. The van der Waals surface area contributed by atoms with Crippen LogP contribution in [0.25, 0.3) is 11.5 Å². The average Bonchev–Trinajstić information content (AvgIpc) is 2.80. The van der Waals surface area contributed by atoms with E-state index in [1.165, 1.54) is 0 Å². The van der Waals surface area contributed by atoms with E-state index < -0.39 is 0 Å². The number of anilines is 1. The van der Waals surface area contributed by atoms with Crippen LogP contribution < -0.4 is 5.32 Å². The Hall–Kier alpha value is -1.84. The summed E-state index contributed by atoms with van der Waals surface area (Å²) in [7, 11) is 0. The molecule has 2 aromatic heterocycles. The summed E-state index contributed by atoms with van der Waals surface area (Å²) in [4.78, 5) is 0. The molecule has 0 atom stereocenters. The standard InChI is InChI=1S/C12H15N3O/c1-3-6-13-11-8-9(2)12(15-14-11)10-5-4-7-16-10/h4-5,7-8H,3,6H2,1-2H3,(H,13,14). The summed E-state index contributed by atoms with van der Waals surface area (Å²) in [6.07, 6.45) is 2.71. The third kappa shape index (κ3) is 2.21. The van der Waals surface area contributed by atoms with E-state index in [1.54, 1.807) is 6.26 Å². The normalized spacial score (nSPS) is 10.4. The minimum atomic E-state index is 0.757. The van der Waals surface area contributed by atoms with Crippen molar-refractivity contribution in [1.82, 2.24) is 10.2 Å². The Balaban J connectivity index is 2.23. The Bertz CT molecular complexity index is 451. The van der Waals surface area contributed by atoms with Crippen LogP contribution in [0.4, 0.5) is 5.82 Å². The molecule has 1 N–H and O–H groups in total. The van der Waals surface area contributed by atoms with Gasteiger partial charge in [-0.2, -0.15) is 0 Å². The second-order valence-corrected chi connectivity index (χ2v) is 3.67. The van der Waals surface area contributed by atoms with Gasteiger partial charge in [0.2, 0.25) is 0 Å². The number of nitrogens with zero attached hydrogens (tertiary/aromatic N) is 2. The molecule has 0 spiro atoms. The van der Waals surface area contributed by atoms with Gasteiger partial charge in [0.1, 0.15) is 11.5 Å². The minimum absolute atomic E-state index is 0.757. The van der Waals surface area contributed by atoms with E-state index in [1.807, 2.05) is 25.1 Å².